The largest absolute Gasteiger partial charge is 0.313 e. The lowest BCUT2D eigenvalue weighted by molar-refractivity contribution is 0.186. The van der Waals surface area contributed by atoms with Crippen molar-refractivity contribution in [3.05, 3.63) is 0 Å². The molecule has 0 saturated heterocycles. The van der Waals surface area contributed by atoms with Gasteiger partial charge in [-0.1, -0.05) is 39.0 Å². The number of hydrogen-bond acceptors (Lipinski definition) is 2. The highest BCUT2D eigenvalue weighted by Gasteiger charge is 2.20. The predicted molar refractivity (Wildman–Crippen MR) is 78.9 cm³/mol. The van der Waals surface area contributed by atoms with Crippen LogP contribution in [0.5, 0.6) is 0 Å². The summed E-state index contributed by atoms with van der Waals surface area (Å²) >= 11 is 0. The molecule has 0 aliphatic heterocycles. The van der Waals surface area contributed by atoms with E-state index in [9.17, 15) is 0 Å². The second-order valence-corrected chi connectivity index (χ2v) is 6.70. The van der Waals surface area contributed by atoms with Gasteiger partial charge in [0.1, 0.15) is 0 Å². The van der Waals surface area contributed by atoms with E-state index >= 15 is 0 Å². The van der Waals surface area contributed by atoms with Gasteiger partial charge in [0.25, 0.3) is 0 Å². The summed E-state index contributed by atoms with van der Waals surface area (Å²) in [5.74, 6) is 0.937. The summed E-state index contributed by atoms with van der Waals surface area (Å²) in [4.78, 5) is 2.60. The molecule has 0 aromatic rings. The van der Waals surface area contributed by atoms with E-state index in [2.05, 4.69) is 24.2 Å². The summed E-state index contributed by atoms with van der Waals surface area (Å²) in [5.41, 5.74) is 0. The van der Waals surface area contributed by atoms with E-state index in [0.717, 1.165) is 18.0 Å². The lowest BCUT2D eigenvalue weighted by atomic mass is 9.87. The van der Waals surface area contributed by atoms with Crippen molar-refractivity contribution >= 4 is 0 Å². The molecule has 0 amide bonds. The highest BCUT2D eigenvalue weighted by Crippen LogP contribution is 2.23. The number of rotatable bonds is 5. The van der Waals surface area contributed by atoms with Gasteiger partial charge >= 0.3 is 0 Å². The molecule has 0 spiro atoms. The van der Waals surface area contributed by atoms with Crippen LogP contribution >= 0.6 is 0 Å². The second kappa shape index (κ2) is 7.49. The number of nitrogens with one attached hydrogen (secondary N) is 1. The molecule has 2 rings (SSSR count). The number of hydrogen-bond donors (Lipinski definition) is 1. The van der Waals surface area contributed by atoms with Gasteiger partial charge in [0, 0.05) is 25.2 Å². The Morgan fingerprint density at radius 3 is 2.50 bits per heavy atom. The van der Waals surface area contributed by atoms with Crippen LogP contribution in [0.15, 0.2) is 0 Å². The first kappa shape index (κ1) is 14.3. The van der Waals surface area contributed by atoms with Crippen molar-refractivity contribution in [2.45, 2.75) is 76.8 Å². The van der Waals surface area contributed by atoms with Crippen molar-refractivity contribution < 1.29 is 0 Å². The lowest BCUT2D eigenvalue weighted by Crippen LogP contribution is -2.41. The maximum atomic E-state index is 3.78. The molecule has 0 bridgehead atoms. The quantitative estimate of drug-likeness (QED) is 0.806. The average Bonchev–Trinajstić information content (AvgIpc) is 2.40. The van der Waals surface area contributed by atoms with Crippen LogP contribution in [-0.4, -0.2) is 37.1 Å². The molecular weight excluding hydrogens is 220 g/mol. The first-order chi connectivity index (χ1) is 8.75. The van der Waals surface area contributed by atoms with E-state index in [1.807, 2.05) is 0 Å². The fraction of sp³-hybridized carbons (Fsp3) is 1.00. The van der Waals surface area contributed by atoms with Crippen molar-refractivity contribution in [3.63, 3.8) is 0 Å². The Bertz CT molecular complexity index is 223. The predicted octanol–water partition coefficient (Wildman–Crippen LogP) is 3.42. The van der Waals surface area contributed by atoms with Crippen molar-refractivity contribution in [3.8, 4) is 0 Å². The van der Waals surface area contributed by atoms with Crippen LogP contribution in [0.25, 0.3) is 0 Å². The highest BCUT2D eigenvalue weighted by molar-refractivity contribution is 4.78. The molecule has 0 aromatic carbocycles. The third kappa shape index (κ3) is 4.55. The van der Waals surface area contributed by atoms with Gasteiger partial charge in [0.05, 0.1) is 0 Å². The van der Waals surface area contributed by atoms with Gasteiger partial charge in [-0.2, -0.15) is 0 Å². The van der Waals surface area contributed by atoms with Gasteiger partial charge < -0.3 is 10.2 Å². The smallest absolute Gasteiger partial charge is 0.0107 e. The third-order valence-corrected chi connectivity index (χ3v) is 5.03. The molecule has 106 valence electrons. The van der Waals surface area contributed by atoms with E-state index in [-0.39, 0.29) is 0 Å². The summed E-state index contributed by atoms with van der Waals surface area (Å²) in [6.45, 7) is 4.82. The van der Waals surface area contributed by atoms with E-state index in [1.54, 1.807) is 0 Å². The summed E-state index contributed by atoms with van der Waals surface area (Å²) in [6, 6.07) is 1.67. The molecule has 1 N–H and O–H groups in total. The van der Waals surface area contributed by atoms with Crippen LogP contribution in [0.4, 0.5) is 0 Å². The van der Waals surface area contributed by atoms with Crippen LogP contribution in [-0.2, 0) is 0 Å². The fourth-order valence-corrected chi connectivity index (χ4v) is 3.77. The van der Waals surface area contributed by atoms with Crippen molar-refractivity contribution in [2.24, 2.45) is 5.92 Å². The molecule has 0 aromatic heterocycles. The Morgan fingerprint density at radius 2 is 1.78 bits per heavy atom. The molecule has 2 aliphatic rings. The van der Waals surface area contributed by atoms with Crippen molar-refractivity contribution in [2.75, 3.05) is 20.1 Å². The SMILES string of the molecule is CC1CCCC(NCCN(C)C2CCCCC2)C1. The topological polar surface area (TPSA) is 15.3 Å². The van der Waals surface area contributed by atoms with Gasteiger partial charge in [0.15, 0.2) is 0 Å². The molecule has 2 heteroatoms. The lowest BCUT2D eigenvalue weighted by Gasteiger charge is -2.32. The molecule has 2 saturated carbocycles. The van der Waals surface area contributed by atoms with Crippen molar-refractivity contribution in [1.29, 1.82) is 0 Å². The zero-order valence-corrected chi connectivity index (χ0v) is 12.5. The summed E-state index contributed by atoms with van der Waals surface area (Å²) < 4.78 is 0. The normalized spacial score (nSPS) is 30.8. The Morgan fingerprint density at radius 1 is 1.00 bits per heavy atom. The minimum atomic E-state index is 0.800. The van der Waals surface area contributed by atoms with E-state index in [0.29, 0.717) is 0 Å². The molecule has 0 heterocycles. The van der Waals surface area contributed by atoms with Crippen molar-refractivity contribution in [1.82, 2.24) is 10.2 Å². The molecule has 2 fully saturated rings. The molecule has 0 radical (unpaired) electrons. The van der Waals surface area contributed by atoms with E-state index < -0.39 is 0 Å². The minimum Gasteiger partial charge on any atom is -0.313 e. The van der Waals surface area contributed by atoms with Gasteiger partial charge in [-0.15, -0.1) is 0 Å². The maximum absolute atomic E-state index is 3.78. The summed E-state index contributed by atoms with van der Waals surface area (Å²) in [5, 5.41) is 3.78. The van der Waals surface area contributed by atoms with Crippen LogP contribution in [0.1, 0.15) is 64.7 Å². The minimum absolute atomic E-state index is 0.800. The zero-order chi connectivity index (χ0) is 12.8. The highest BCUT2D eigenvalue weighted by atomic mass is 15.1. The summed E-state index contributed by atoms with van der Waals surface area (Å²) in [6.07, 6.45) is 12.9. The molecule has 2 nitrogen and oxygen atoms in total. The Hall–Kier alpha value is -0.0800. The first-order valence-corrected chi connectivity index (χ1v) is 8.19. The molecule has 2 atom stereocenters. The van der Waals surface area contributed by atoms with Gasteiger partial charge in [-0.3, -0.25) is 0 Å². The third-order valence-electron chi connectivity index (χ3n) is 5.03. The Balaban J connectivity index is 1.59. The molecule has 2 unspecified atom stereocenters. The van der Waals surface area contributed by atoms with E-state index in [4.69, 9.17) is 0 Å². The zero-order valence-electron chi connectivity index (χ0n) is 12.5. The number of nitrogens with zero attached hydrogens (tertiary/aromatic N) is 1. The van der Waals surface area contributed by atoms with Gasteiger partial charge in [-0.05, 0) is 38.6 Å². The first-order valence-electron chi connectivity index (χ1n) is 8.19. The number of likely N-dealkylation sites (N-methyl/N-ethyl adjacent to an activating group) is 1. The van der Waals surface area contributed by atoms with E-state index in [1.165, 1.54) is 70.9 Å². The van der Waals surface area contributed by atoms with Crippen LogP contribution < -0.4 is 5.32 Å². The van der Waals surface area contributed by atoms with Gasteiger partial charge in [0.2, 0.25) is 0 Å². The van der Waals surface area contributed by atoms with Crippen LogP contribution in [0, 0.1) is 5.92 Å². The fourth-order valence-electron chi connectivity index (χ4n) is 3.77. The van der Waals surface area contributed by atoms with Gasteiger partial charge in [-0.25, -0.2) is 0 Å². The standard InChI is InChI=1S/C16H32N2/c1-14-7-6-8-15(13-14)17-11-12-18(2)16-9-4-3-5-10-16/h14-17H,3-13H2,1-2H3. The monoisotopic (exact) mass is 252 g/mol. The molecular formula is C16H32N2. The molecule has 2 aliphatic carbocycles. The maximum Gasteiger partial charge on any atom is 0.0107 e. The second-order valence-electron chi connectivity index (χ2n) is 6.70. The van der Waals surface area contributed by atoms with Crippen LogP contribution in [0.2, 0.25) is 0 Å². The average molecular weight is 252 g/mol. The summed E-state index contributed by atoms with van der Waals surface area (Å²) in [7, 11) is 2.32. The Labute approximate surface area is 114 Å². The Kier molecular flexibility index (Phi) is 5.97. The molecule has 18 heavy (non-hydrogen) atoms. The van der Waals surface area contributed by atoms with Crippen LogP contribution in [0.3, 0.4) is 0 Å².